The molecule has 1 aromatic heterocycles. The number of aromatic nitrogens is 1. The number of carbonyl (C=O) groups is 2. The van der Waals surface area contributed by atoms with Gasteiger partial charge >= 0.3 is 6.09 Å². The number of hydrogen-bond donors (Lipinski definition) is 0. The minimum absolute atomic E-state index is 0.0185. The van der Waals surface area contributed by atoms with E-state index in [0.717, 1.165) is 22.6 Å². The molecule has 0 N–H and O–H groups in total. The van der Waals surface area contributed by atoms with E-state index < -0.39 is 0 Å². The Morgan fingerprint density at radius 2 is 2.08 bits per heavy atom. The van der Waals surface area contributed by atoms with E-state index in [-0.39, 0.29) is 30.8 Å². The van der Waals surface area contributed by atoms with Crippen molar-refractivity contribution in [3.05, 3.63) is 35.7 Å². The minimum atomic E-state index is -0.334. The Bertz CT molecular complexity index is 894. The van der Waals surface area contributed by atoms with Crippen molar-refractivity contribution in [1.82, 2.24) is 5.16 Å². The summed E-state index contributed by atoms with van der Waals surface area (Å²) < 4.78 is 16.2. The number of aryl methyl sites for hydroxylation is 1. The zero-order valence-corrected chi connectivity index (χ0v) is 14.2. The maximum absolute atomic E-state index is 12.4. The van der Waals surface area contributed by atoms with Crippen molar-refractivity contribution >= 4 is 23.4 Å². The van der Waals surface area contributed by atoms with Crippen LogP contribution in [0.3, 0.4) is 0 Å². The number of amides is 2. The molecule has 2 atom stereocenters. The molecule has 3 aliphatic rings. The van der Waals surface area contributed by atoms with Crippen LogP contribution in [0.15, 0.2) is 29.0 Å². The van der Waals surface area contributed by atoms with E-state index in [4.69, 9.17) is 14.0 Å². The van der Waals surface area contributed by atoms with Gasteiger partial charge < -0.3 is 18.9 Å². The van der Waals surface area contributed by atoms with Crippen molar-refractivity contribution in [2.75, 3.05) is 23.5 Å². The predicted molar refractivity (Wildman–Crippen MR) is 90.4 cm³/mol. The van der Waals surface area contributed by atoms with Crippen LogP contribution in [0.25, 0.3) is 0 Å². The Labute approximate surface area is 149 Å². The first-order valence-corrected chi connectivity index (χ1v) is 8.58. The number of fused-ring (bicyclic) bond motifs is 5. The number of carbonyl (C=O) groups excluding carboxylic acids is 2. The molecule has 0 saturated carbocycles. The second kappa shape index (κ2) is 5.48. The Morgan fingerprint density at radius 3 is 2.88 bits per heavy atom. The third-order valence-corrected chi connectivity index (χ3v) is 5.35. The number of likely N-dealkylation sites (N-methyl/N-ethyl adjacent to an activating group) is 1. The molecule has 0 unspecified atom stereocenters. The van der Waals surface area contributed by atoms with Gasteiger partial charge in [-0.25, -0.2) is 4.79 Å². The molecular formula is C18H17N3O5. The molecule has 1 saturated heterocycles. The van der Waals surface area contributed by atoms with Gasteiger partial charge in [0.2, 0.25) is 0 Å². The van der Waals surface area contributed by atoms with Crippen LogP contribution in [-0.4, -0.2) is 43.0 Å². The lowest BCUT2D eigenvalue weighted by Crippen LogP contribution is -2.35. The largest absolute Gasteiger partial charge is 0.481 e. The summed E-state index contributed by atoms with van der Waals surface area (Å²) in [5.74, 6) is 0.614. The van der Waals surface area contributed by atoms with Crippen LogP contribution in [0.5, 0.6) is 5.75 Å². The first-order chi connectivity index (χ1) is 12.6. The average Bonchev–Trinajstić information content (AvgIpc) is 3.34. The summed E-state index contributed by atoms with van der Waals surface area (Å²) in [5, 5.41) is 3.91. The number of benzene rings is 1. The van der Waals surface area contributed by atoms with E-state index in [2.05, 4.69) is 5.16 Å². The summed E-state index contributed by atoms with van der Waals surface area (Å²) in [4.78, 5) is 27.6. The highest BCUT2D eigenvalue weighted by Gasteiger charge is 2.49. The van der Waals surface area contributed by atoms with E-state index in [1.54, 1.807) is 16.8 Å². The van der Waals surface area contributed by atoms with Gasteiger partial charge in [-0.1, -0.05) is 5.16 Å². The highest BCUT2D eigenvalue weighted by Crippen LogP contribution is 2.48. The van der Waals surface area contributed by atoms with Gasteiger partial charge in [0, 0.05) is 25.1 Å². The summed E-state index contributed by atoms with van der Waals surface area (Å²) in [6.45, 7) is 0.0185. The fraction of sp³-hybridized carbons (Fsp3) is 0.389. The van der Waals surface area contributed by atoms with E-state index in [1.807, 2.05) is 18.2 Å². The van der Waals surface area contributed by atoms with Crippen LogP contribution in [0.4, 0.5) is 16.2 Å². The third-order valence-electron chi connectivity index (χ3n) is 5.35. The fourth-order valence-electron chi connectivity index (χ4n) is 4.00. The zero-order chi connectivity index (χ0) is 17.8. The standard InChI is InChI=1S/C18H17N3O5/c1-20-13-4-3-12-11(17(13)24-9-16(20)22)8-14-15(26-18(23)21(12)14)5-2-10-6-7-25-19-10/h3-4,6-7,14-15H,2,5,8-9H2,1H3/t14-,15-/m0/s1. The molecule has 0 aliphatic carbocycles. The molecule has 0 spiro atoms. The van der Waals surface area contributed by atoms with Gasteiger partial charge in [-0.15, -0.1) is 0 Å². The molecule has 8 heteroatoms. The van der Waals surface area contributed by atoms with Crippen molar-refractivity contribution in [3.63, 3.8) is 0 Å². The fourth-order valence-corrected chi connectivity index (χ4v) is 4.00. The van der Waals surface area contributed by atoms with Crippen molar-refractivity contribution in [2.24, 2.45) is 0 Å². The van der Waals surface area contributed by atoms with Crippen molar-refractivity contribution in [3.8, 4) is 5.75 Å². The van der Waals surface area contributed by atoms with Gasteiger partial charge in [-0.2, -0.15) is 0 Å². The van der Waals surface area contributed by atoms with Crippen LogP contribution in [0.2, 0.25) is 0 Å². The lowest BCUT2D eigenvalue weighted by Gasteiger charge is -2.27. The highest BCUT2D eigenvalue weighted by molar-refractivity contribution is 6.00. The predicted octanol–water partition coefficient (Wildman–Crippen LogP) is 1.91. The van der Waals surface area contributed by atoms with Gasteiger partial charge in [0.1, 0.15) is 18.1 Å². The number of cyclic esters (lactones) is 1. The van der Waals surface area contributed by atoms with E-state index >= 15 is 0 Å². The van der Waals surface area contributed by atoms with Gasteiger partial charge in [-0.3, -0.25) is 9.69 Å². The third kappa shape index (κ3) is 2.11. The molecule has 2 aromatic rings. The van der Waals surface area contributed by atoms with Gasteiger partial charge in [0.25, 0.3) is 5.91 Å². The van der Waals surface area contributed by atoms with Crippen LogP contribution in [0.1, 0.15) is 17.7 Å². The van der Waals surface area contributed by atoms with E-state index in [0.29, 0.717) is 25.0 Å². The summed E-state index contributed by atoms with van der Waals surface area (Å²) >= 11 is 0. The van der Waals surface area contributed by atoms with Crippen LogP contribution >= 0.6 is 0 Å². The first kappa shape index (κ1) is 15.2. The summed E-state index contributed by atoms with van der Waals surface area (Å²) in [6.07, 6.45) is 2.99. The molecule has 3 aliphatic heterocycles. The quantitative estimate of drug-likeness (QED) is 0.836. The summed E-state index contributed by atoms with van der Waals surface area (Å²) in [7, 11) is 1.74. The lowest BCUT2D eigenvalue weighted by molar-refractivity contribution is -0.121. The number of rotatable bonds is 3. The maximum atomic E-state index is 12.4. The summed E-state index contributed by atoms with van der Waals surface area (Å²) in [5.41, 5.74) is 3.37. The van der Waals surface area contributed by atoms with Crippen LogP contribution < -0.4 is 14.5 Å². The molecule has 134 valence electrons. The summed E-state index contributed by atoms with van der Waals surface area (Å²) in [6, 6.07) is 5.44. The Kier molecular flexibility index (Phi) is 3.22. The number of hydrogen-bond acceptors (Lipinski definition) is 6. The Hall–Kier alpha value is -3.03. The van der Waals surface area contributed by atoms with Gasteiger partial charge in [0.05, 0.1) is 23.1 Å². The van der Waals surface area contributed by atoms with E-state index in [9.17, 15) is 9.59 Å². The molecule has 4 heterocycles. The molecule has 0 bridgehead atoms. The molecule has 26 heavy (non-hydrogen) atoms. The van der Waals surface area contributed by atoms with Crippen LogP contribution in [0, 0.1) is 0 Å². The van der Waals surface area contributed by atoms with Crippen molar-refractivity contribution < 1.29 is 23.6 Å². The van der Waals surface area contributed by atoms with Crippen molar-refractivity contribution in [1.29, 1.82) is 0 Å². The molecular weight excluding hydrogens is 338 g/mol. The number of anilines is 2. The molecule has 8 nitrogen and oxygen atoms in total. The van der Waals surface area contributed by atoms with Crippen LogP contribution in [-0.2, 0) is 22.4 Å². The second-order valence-electron chi connectivity index (χ2n) is 6.75. The molecule has 5 rings (SSSR count). The van der Waals surface area contributed by atoms with E-state index in [1.165, 1.54) is 6.26 Å². The molecule has 2 amide bonds. The smallest absolute Gasteiger partial charge is 0.415 e. The SMILES string of the molecule is CN1C(=O)COc2c1ccc1c2C[C@H]2[C@H](CCc3ccon3)OC(=O)N12. The average molecular weight is 355 g/mol. The topological polar surface area (TPSA) is 85.1 Å². The Morgan fingerprint density at radius 1 is 1.23 bits per heavy atom. The zero-order valence-electron chi connectivity index (χ0n) is 14.2. The Balaban J connectivity index is 1.44. The van der Waals surface area contributed by atoms with Gasteiger partial charge in [-0.05, 0) is 25.0 Å². The first-order valence-electron chi connectivity index (χ1n) is 8.58. The molecule has 0 radical (unpaired) electrons. The van der Waals surface area contributed by atoms with Crippen molar-refractivity contribution in [2.45, 2.75) is 31.4 Å². The minimum Gasteiger partial charge on any atom is -0.481 e. The maximum Gasteiger partial charge on any atom is 0.415 e. The monoisotopic (exact) mass is 355 g/mol. The van der Waals surface area contributed by atoms with Gasteiger partial charge in [0.15, 0.2) is 6.61 Å². The molecule has 1 fully saturated rings. The lowest BCUT2D eigenvalue weighted by atomic mass is 10.00. The normalized spacial score (nSPS) is 23.4. The molecule has 1 aromatic carbocycles. The second-order valence-corrected chi connectivity index (χ2v) is 6.75. The number of nitrogens with zero attached hydrogens (tertiary/aromatic N) is 3. The number of ether oxygens (including phenoxy) is 2. The highest BCUT2D eigenvalue weighted by atomic mass is 16.6.